The second kappa shape index (κ2) is 11.9. The Hall–Kier alpha value is -4.15. The Bertz CT molecular complexity index is 1700. The molecule has 10 heteroatoms. The largest absolute Gasteiger partial charge is 0.325 e. The number of nitrogens with one attached hydrogen (secondary N) is 2. The lowest BCUT2D eigenvalue weighted by atomic mass is 10.1. The van der Waals surface area contributed by atoms with E-state index < -0.39 is 32.5 Å². The lowest BCUT2D eigenvalue weighted by Crippen LogP contribution is -2.38. The number of sulfonamides is 2. The molecule has 40 heavy (non-hydrogen) atoms. The van der Waals surface area contributed by atoms with Crippen molar-refractivity contribution >= 4 is 43.0 Å². The minimum Gasteiger partial charge on any atom is -0.325 e. The van der Waals surface area contributed by atoms with Crippen LogP contribution in [0.15, 0.2) is 107 Å². The van der Waals surface area contributed by atoms with Crippen LogP contribution in [-0.4, -0.2) is 29.3 Å². The number of hydrogen-bond acceptors (Lipinski definition) is 5. The third kappa shape index (κ3) is 6.35. The minimum atomic E-state index is -4.05. The van der Waals surface area contributed by atoms with E-state index in [1.165, 1.54) is 36.4 Å². The van der Waals surface area contributed by atoms with Gasteiger partial charge in [0.15, 0.2) is 0 Å². The van der Waals surface area contributed by atoms with E-state index in [0.717, 1.165) is 21.0 Å². The first-order valence-corrected chi connectivity index (χ1v) is 15.6. The highest BCUT2D eigenvalue weighted by Gasteiger charge is 2.28. The van der Waals surface area contributed by atoms with Crippen LogP contribution in [0.2, 0.25) is 0 Å². The molecule has 0 saturated heterocycles. The van der Waals surface area contributed by atoms with E-state index in [1.54, 1.807) is 30.3 Å². The zero-order valence-electron chi connectivity index (χ0n) is 22.5. The number of nitrogens with zero attached hydrogens (tertiary/aromatic N) is 1. The number of para-hydroxylation sites is 2. The van der Waals surface area contributed by atoms with Gasteiger partial charge in [0.2, 0.25) is 5.91 Å². The van der Waals surface area contributed by atoms with Gasteiger partial charge in [-0.2, -0.15) is 0 Å². The molecule has 0 bridgehead atoms. The molecule has 1 amide bonds. The lowest BCUT2D eigenvalue weighted by molar-refractivity contribution is -0.114. The number of amides is 1. The molecule has 0 atom stereocenters. The molecule has 0 fully saturated rings. The molecule has 0 heterocycles. The molecule has 2 N–H and O–H groups in total. The van der Waals surface area contributed by atoms with E-state index >= 15 is 0 Å². The number of rotatable bonds is 10. The van der Waals surface area contributed by atoms with Gasteiger partial charge >= 0.3 is 0 Å². The summed E-state index contributed by atoms with van der Waals surface area (Å²) in [6.45, 7) is 5.09. The number of hydrogen-bond donors (Lipinski definition) is 2. The highest BCUT2D eigenvalue weighted by atomic mass is 32.2. The average Bonchev–Trinajstić information content (AvgIpc) is 2.94. The topological polar surface area (TPSA) is 113 Å². The number of carbonyl (C=O) groups is 1. The van der Waals surface area contributed by atoms with Crippen LogP contribution in [0, 0.1) is 13.8 Å². The lowest BCUT2D eigenvalue weighted by Gasteiger charge is -2.26. The van der Waals surface area contributed by atoms with Crippen molar-refractivity contribution < 1.29 is 21.6 Å². The highest BCUT2D eigenvalue weighted by Crippen LogP contribution is 2.28. The van der Waals surface area contributed by atoms with Gasteiger partial charge in [0.05, 0.1) is 21.2 Å². The van der Waals surface area contributed by atoms with E-state index in [2.05, 4.69) is 10.0 Å². The second-order valence-corrected chi connectivity index (χ2v) is 12.8. The highest BCUT2D eigenvalue weighted by molar-refractivity contribution is 7.93. The molecule has 0 aliphatic rings. The predicted octanol–water partition coefficient (Wildman–Crippen LogP) is 5.50. The van der Waals surface area contributed by atoms with E-state index in [9.17, 15) is 21.6 Å². The average molecular weight is 578 g/mol. The molecule has 0 aliphatic heterocycles. The Morgan fingerprint density at radius 1 is 0.725 bits per heavy atom. The molecule has 0 radical (unpaired) electrons. The summed E-state index contributed by atoms with van der Waals surface area (Å²) in [6.07, 6.45) is 0.574. The van der Waals surface area contributed by atoms with Crippen molar-refractivity contribution in [3.63, 3.8) is 0 Å². The summed E-state index contributed by atoms with van der Waals surface area (Å²) < 4.78 is 56.9. The summed E-state index contributed by atoms with van der Waals surface area (Å²) in [5.74, 6) is -0.574. The first kappa shape index (κ1) is 28.8. The maximum Gasteiger partial charge on any atom is 0.264 e. The molecule has 0 aromatic heterocycles. The number of benzene rings is 4. The van der Waals surface area contributed by atoms with Crippen molar-refractivity contribution in [2.24, 2.45) is 0 Å². The fraction of sp³-hybridized carbons (Fsp3) is 0.167. The van der Waals surface area contributed by atoms with Crippen molar-refractivity contribution in [2.75, 3.05) is 20.9 Å². The zero-order chi connectivity index (χ0) is 28.9. The van der Waals surface area contributed by atoms with Crippen molar-refractivity contribution in [1.29, 1.82) is 0 Å². The van der Waals surface area contributed by atoms with Gasteiger partial charge in [-0.15, -0.1) is 0 Å². The SMILES string of the molecule is CCc1ccccc1N(CC(=O)Nc1ccc(S(=O)(=O)Nc2c(C)cccc2C)cc1)S(=O)(=O)c1ccccc1. The van der Waals surface area contributed by atoms with Gasteiger partial charge in [0.1, 0.15) is 6.54 Å². The van der Waals surface area contributed by atoms with Gasteiger partial charge in [-0.3, -0.25) is 13.8 Å². The molecule has 0 spiro atoms. The van der Waals surface area contributed by atoms with Crippen LogP contribution in [0.3, 0.4) is 0 Å². The molecule has 4 aromatic carbocycles. The maximum absolute atomic E-state index is 13.6. The Labute approximate surface area is 235 Å². The summed E-state index contributed by atoms with van der Waals surface area (Å²) in [6, 6.07) is 26.2. The molecular formula is C30H31N3O5S2. The summed E-state index contributed by atoms with van der Waals surface area (Å²) in [4.78, 5) is 13.2. The van der Waals surface area contributed by atoms with Crippen LogP contribution in [0.4, 0.5) is 17.1 Å². The van der Waals surface area contributed by atoms with Crippen molar-refractivity contribution in [1.82, 2.24) is 0 Å². The van der Waals surface area contributed by atoms with Crippen molar-refractivity contribution in [3.8, 4) is 0 Å². The number of carbonyl (C=O) groups excluding carboxylic acids is 1. The second-order valence-electron chi connectivity index (χ2n) is 9.25. The van der Waals surface area contributed by atoms with Crippen molar-refractivity contribution in [3.05, 3.63) is 114 Å². The summed E-state index contributed by atoms with van der Waals surface area (Å²) in [5, 5.41) is 2.69. The van der Waals surface area contributed by atoms with Crippen LogP contribution in [0.5, 0.6) is 0 Å². The van der Waals surface area contributed by atoms with Gasteiger partial charge < -0.3 is 5.32 Å². The minimum absolute atomic E-state index is 0.0262. The third-order valence-corrected chi connectivity index (χ3v) is 9.57. The Kier molecular flexibility index (Phi) is 8.61. The molecular weight excluding hydrogens is 546 g/mol. The Morgan fingerprint density at radius 2 is 1.32 bits per heavy atom. The number of anilines is 3. The maximum atomic E-state index is 13.6. The van der Waals surface area contributed by atoms with Crippen LogP contribution in [0.25, 0.3) is 0 Å². The summed E-state index contributed by atoms with van der Waals surface area (Å²) in [5.41, 5.74) is 3.65. The molecule has 0 aliphatic carbocycles. The van der Waals surface area contributed by atoms with Gasteiger partial charge in [-0.25, -0.2) is 16.8 Å². The van der Waals surface area contributed by atoms with E-state index in [1.807, 2.05) is 51.1 Å². The Morgan fingerprint density at radius 3 is 1.95 bits per heavy atom. The van der Waals surface area contributed by atoms with E-state index in [4.69, 9.17) is 0 Å². The fourth-order valence-corrected chi connectivity index (χ4v) is 6.97. The third-order valence-electron chi connectivity index (χ3n) is 6.43. The number of aryl methyl sites for hydroxylation is 3. The first-order chi connectivity index (χ1) is 19.0. The molecule has 0 unspecified atom stereocenters. The molecule has 0 saturated carbocycles. The van der Waals surface area contributed by atoms with Gasteiger partial charge in [0.25, 0.3) is 20.0 Å². The van der Waals surface area contributed by atoms with Crippen molar-refractivity contribution in [2.45, 2.75) is 37.0 Å². The molecule has 8 nitrogen and oxygen atoms in total. The monoisotopic (exact) mass is 577 g/mol. The van der Waals surface area contributed by atoms with Gasteiger partial charge in [0, 0.05) is 5.69 Å². The van der Waals surface area contributed by atoms with Crippen LogP contribution in [-0.2, 0) is 31.3 Å². The van der Waals surface area contributed by atoms with Gasteiger partial charge in [-0.05, 0) is 79.4 Å². The zero-order valence-corrected chi connectivity index (χ0v) is 24.1. The Balaban J connectivity index is 1.56. The van der Waals surface area contributed by atoms with E-state index in [0.29, 0.717) is 23.5 Å². The summed E-state index contributed by atoms with van der Waals surface area (Å²) >= 11 is 0. The van der Waals surface area contributed by atoms with E-state index in [-0.39, 0.29) is 9.79 Å². The predicted molar refractivity (Wildman–Crippen MR) is 159 cm³/mol. The van der Waals surface area contributed by atoms with Gasteiger partial charge in [-0.1, -0.05) is 61.5 Å². The first-order valence-electron chi connectivity index (χ1n) is 12.7. The smallest absolute Gasteiger partial charge is 0.264 e. The van der Waals surface area contributed by atoms with Crippen LogP contribution < -0.4 is 14.3 Å². The summed E-state index contributed by atoms with van der Waals surface area (Å²) in [7, 11) is -7.92. The molecule has 4 rings (SSSR count). The fourth-order valence-electron chi connectivity index (χ4n) is 4.29. The van der Waals surface area contributed by atoms with Crippen LogP contribution >= 0.6 is 0 Å². The normalized spacial score (nSPS) is 11.6. The standard InChI is InChI=1S/C30H31N3O5S2/c1-4-24-13-8-9-16-28(24)33(40(37,38)27-14-6-5-7-15-27)21-29(34)31-25-17-19-26(20-18-25)39(35,36)32-30-22(2)11-10-12-23(30)3/h5-20,32H,4,21H2,1-3H3,(H,31,34). The molecule has 4 aromatic rings. The quantitative estimate of drug-likeness (QED) is 0.258. The molecule has 208 valence electrons. The van der Waals surface area contributed by atoms with Crippen LogP contribution in [0.1, 0.15) is 23.6 Å².